The zero-order chi connectivity index (χ0) is 15.6. The predicted octanol–water partition coefficient (Wildman–Crippen LogP) is 3.93. The Labute approximate surface area is 138 Å². The van der Waals surface area contributed by atoms with Crippen molar-refractivity contribution in [2.75, 3.05) is 0 Å². The van der Waals surface area contributed by atoms with Crippen molar-refractivity contribution in [3.63, 3.8) is 0 Å². The standard InChI is InChI=1S/C20H28O3/c1-11(22-15-4-2-3-5-15)23-20(21)17-10-14-9-16(17)19-13-7-6-12(8-13)18(14)19/h6-7,11-19H,2-5,8-10H2,1H3. The van der Waals surface area contributed by atoms with Gasteiger partial charge in [0.15, 0.2) is 6.29 Å². The minimum atomic E-state index is -0.375. The van der Waals surface area contributed by atoms with Gasteiger partial charge < -0.3 is 9.47 Å². The summed E-state index contributed by atoms with van der Waals surface area (Å²) in [6.45, 7) is 1.90. The lowest BCUT2D eigenvalue weighted by Crippen LogP contribution is -2.36. The summed E-state index contributed by atoms with van der Waals surface area (Å²) in [5.74, 6) is 4.74. The van der Waals surface area contributed by atoms with Gasteiger partial charge in [-0.25, -0.2) is 0 Å². The largest absolute Gasteiger partial charge is 0.436 e. The first-order chi connectivity index (χ1) is 11.2. The zero-order valence-electron chi connectivity index (χ0n) is 14.0. The molecule has 0 aromatic rings. The van der Waals surface area contributed by atoms with Gasteiger partial charge in [0, 0.05) is 0 Å². The van der Waals surface area contributed by atoms with Gasteiger partial charge in [0.2, 0.25) is 0 Å². The zero-order valence-corrected chi connectivity index (χ0v) is 14.0. The van der Waals surface area contributed by atoms with Crippen LogP contribution in [0, 0.1) is 41.4 Å². The van der Waals surface area contributed by atoms with E-state index in [9.17, 15) is 4.79 Å². The summed E-state index contributed by atoms with van der Waals surface area (Å²) in [7, 11) is 0. The van der Waals surface area contributed by atoms with E-state index in [1.54, 1.807) is 0 Å². The van der Waals surface area contributed by atoms with Crippen LogP contribution in [0.5, 0.6) is 0 Å². The van der Waals surface area contributed by atoms with E-state index in [1.807, 2.05) is 6.92 Å². The molecule has 0 aliphatic heterocycles. The van der Waals surface area contributed by atoms with Crippen molar-refractivity contribution in [2.24, 2.45) is 41.4 Å². The van der Waals surface area contributed by atoms with E-state index >= 15 is 0 Å². The second kappa shape index (κ2) is 5.34. The van der Waals surface area contributed by atoms with Crippen LogP contribution in [0.3, 0.4) is 0 Å². The number of fused-ring (bicyclic) bond motifs is 9. The molecule has 0 aromatic carbocycles. The Morgan fingerprint density at radius 1 is 1.04 bits per heavy atom. The lowest BCUT2D eigenvalue weighted by Gasteiger charge is -2.36. The molecule has 4 saturated carbocycles. The van der Waals surface area contributed by atoms with Crippen LogP contribution in [0.4, 0.5) is 0 Å². The topological polar surface area (TPSA) is 35.5 Å². The normalized spacial score (nSPS) is 48.1. The minimum Gasteiger partial charge on any atom is -0.436 e. The molecular weight excluding hydrogens is 288 g/mol. The van der Waals surface area contributed by atoms with Crippen molar-refractivity contribution < 1.29 is 14.3 Å². The van der Waals surface area contributed by atoms with E-state index in [2.05, 4.69) is 12.2 Å². The van der Waals surface area contributed by atoms with Gasteiger partial charge in [-0.15, -0.1) is 0 Å². The molecule has 0 heterocycles. The van der Waals surface area contributed by atoms with Gasteiger partial charge in [0.1, 0.15) is 0 Å². The quantitative estimate of drug-likeness (QED) is 0.341. The summed E-state index contributed by atoms with van der Waals surface area (Å²) in [5, 5.41) is 0. The maximum Gasteiger partial charge on any atom is 0.311 e. The van der Waals surface area contributed by atoms with Crippen LogP contribution < -0.4 is 0 Å². The van der Waals surface area contributed by atoms with Gasteiger partial charge in [-0.3, -0.25) is 4.79 Å². The van der Waals surface area contributed by atoms with E-state index in [-0.39, 0.29) is 18.2 Å². The summed E-state index contributed by atoms with van der Waals surface area (Å²) in [6, 6.07) is 0. The highest BCUT2D eigenvalue weighted by atomic mass is 16.7. The molecule has 0 spiro atoms. The molecule has 0 aromatic heterocycles. The van der Waals surface area contributed by atoms with Gasteiger partial charge in [-0.2, -0.15) is 0 Å². The van der Waals surface area contributed by atoms with Crippen molar-refractivity contribution in [1.29, 1.82) is 0 Å². The molecule has 0 saturated heterocycles. The summed E-state index contributed by atoms with van der Waals surface area (Å²) in [6.07, 6.45) is 13.2. The predicted molar refractivity (Wildman–Crippen MR) is 86.3 cm³/mol. The van der Waals surface area contributed by atoms with Crippen molar-refractivity contribution in [3.05, 3.63) is 12.2 Å². The van der Waals surface area contributed by atoms with Crippen LogP contribution in [-0.2, 0) is 14.3 Å². The second-order valence-electron chi connectivity index (χ2n) is 8.65. The number of allylic oxidation sites excluding steroid dienone is 2. The Morgan fingerprint density at radius 2 is 1.78 bits per heavy atom. The van der Waals surface area contributed by atoms with Crippen LogP contribution in [0.1, 0.15) is 51.9 Å². The Hall–Kier alpha value is -0.830. The number of rotatable bonds is 4. The summed E-state index contributed by atoms with van der Waals surface area (Å²) < 4.78 is 11.6. The maximum atomic E-state index is 12.7. The number of hydrogen-bond donors (Lipinski definition) is 0. The van der Waals surface area contributed by atoms with E-state index < -0.39 is 0 Å². The first kappa shape index (κ1) is 14.5. The maximum absolute atomic E-state index is 12.7. The molecule has 126 valence electrons. The van der Waals surface area contributed by atoms with Gasteiger partial charge in [-0.1, -0.05) is 25.0 Å². The molecule has 4 bridgehead atoms. The Balaban J connectivity index is 1.21. The fourth-order valence-corrected chi connectivity index (χ4v) is 6.86. The van der Waals surface area contributed by atoms with Crippen molar-refractivity contribution in [3.8, 4) is 0 Å². The fraction of sp³-hybridized carbons (Fsp3) is 0.850. The summed E-state index contributed by atoms with van der Waals surface area (Å²) in [4.78, 5) is 12.7. The number of ether oxygens (including phenoxy) is 2. The third kappa shape index (κ3) is 2.22. The Bertz CT molecular complexity index is 521. The van der Waals surface area contributed by atoms with Gasteiger partial charge in [0.25, 0.3) is 0 Å². The lowest BCUT2D eigenvalue weighted by atomic mass is 9.69. The summed E-state index contributed by atoms with van der Waals surface area (Å²) in [5.41, 5.74) is 0. The molecule has 4 fully saturated rings. The monoisotopic (exact) mass is 316 g/mol. The van der Waals surface area contributed by atoms with Crippen molar-refractivity contribution >= 4 is 5.97 Å². The number of hydrogen-bond acceptors (Lipinski definition) is 3. The highest BCUT2D eigenvalue weighted by Crippen LogP contribution is 2.67. The molecule has 8 unspecified atom stereocenters. The fourth-order valence-electron chi connectivity index (χ4n) is 6.86. The molecule has 0 amide bonds. The number of carbonyl (C=O) groups excluding carboxylic acids is 1. The molecule has 5 rings (SSSR count). The minimum absolute atomic E-state index is 0.0215. The third-order valence-corrected chi connectivity index (χ3v) is 7.54. The number of carbonyl (C=O) groups is 1. The van der Waals surface area contributed by atoms with E-state index in [4.69, 9.17) is 9.47 Å². The average Bonchev–Trinajstić information content (AvgIpc) is 3.30. The van der Waals surface area contributed by atoms with Gasteiger partial charge >= 0.3 is 5.97 Å². The number of esters is 1. The van der Waals surface area contributed by atoms with E-state index in [1.165, 1.54) is 25.7 Å². The molecule has 0 radical (unpaired) electrons. The van der Waals surface area contributed by atoms with Crippen LogP contribution in [0.2, 0.25) is 0 Å². The van der Waals surface area contributed by atoms with Gasteiger partial charge in [-0.05, 0) is 74.5 Å². The Kier molecular flexibility index (Phi) is 3.37. The summed E-state index contributed by atoms with van der Waals surface area (Å²) >= 11 is 0. The SMILES string of the molecule is CC(OC(=O)C1CC2CC1C1C3C=CC(C3)C21)OC1CCCC1. The van der Waals surface area contributed by atoms with E-state index in [0.717, 1.165) is 48.9 Å². The van der Waals surface area contributed by atoms with Crippen molar-refractivity contribution in [1.82, 2.24) is 0 Å². The molecule has 23 heavy (non-hydrogen) atoms. The smallest absolute Gasteiger partial charge is 0.311 e. The average molecular weight is 316 g/mol. The van der Waals surface area contributed by atoms with Gasteiger partial charge in [0.05, 0.1) is 12.0 Å². The first-order valence-electron chi connectivity index (χ1n) is 9.75. The van der Waals surface area contributed by atoms with Crippen LogP contribution in [0.25, 0.3) is 0 Å². The molecule has 3 nitrogen and oxygen atoms in total. The molecule has 3 heteroatoms. The van der Waals surface area contributed by atoms with Crippen LogP contribution in [0.15, 0.2) is 12.2 Å². The first-order valence-corrected chi connectivity index (χ1v) is 9.75. The van der Waals surface area contributed by atoms with E-state index in [0.29, 0.717) is 12.0 Å². The molecular formula is C20H28O3. The molecule has 5 aliphatic rings. The highest BCUT2D eigenvalue weighted by molar-refractivity contribution is 5.73. The van der Waals surface area contributed by atoms with Crippen LogP contribution in [-0.4, -0.2) is 18.4 Å². The Morgan fingerprint density at radius 3 is 2.57 bits per heavy atom. The highest BCUT2D eigenvalue weighted by Gasteiger charge is 2.62. The van der Waals surface area contributed by atoms with Crippen LogP contribution >= 0.6 is 0 Å². The molecule has 0 N–H and O–H groups in total. The molecule has 8 atom stereocenters. The third-order valence-electron chi connectivity index (χ3n) is 7.54. The molecule has 5 aliphatic carbocycles. The lowest BCUT2D eigenvalue weighted by molar-refractivity contribution is -0.191. The second-order valence-corrected chi connectivity index (χ2v) is 8.65. The van der Waals surface area contributed by atoms with Crippen molar-refractivity contribution in [2.45, 2.75) is 64.3 Å².